The molecular formula is C9H16INO4Zn. The van der Waals surface area contributed by atoms with Crippen LogP contribution in [0.4, 0.5) is 4.79 Å². The van der Waals surface area contributed by atoms with Crippen LogP contribution in [0.3, 0.4) is 0 Å². The van der Waals surface area contributed by atoms with Gasteiger partial charge in [0.2, 0.25) is 0 Å². The third kappa shape index (κ3) is 8.27. The first-order valence-electron chi connectivity index (χ1n) is 4.66. The summed E-state index contributed by atoms with van der Waals surface area (Å²) in [5.41, 5.74) is -0.561. The second kappa shape index (κ2) is 8.22. The van der Waals surface area contributed by atoms with E-state index in [1.165, 1.54) is 7.11 Å². The van der Waals surface area contributed by atoms with Gasteiger partial charge >= 0.3 is 99.3 Å². The van der Waals surface area contributed by atoms with Crippen molar-refractivity contribution in [2.45, 2.75) is 37.4 Å². The zero-order valence-corrected chi connectivity index (χ0v) is 15.1. The van der Waals surface area contributed by atoms with Crippen molar-refractivity contribution in [1.29, 1.82) is 0 Å². The van der Waals surface area contributed by atoms with Crippen LogP contribution in [0.25, 0.3) is 0 Å². The summed E-state index contributed by atoms with van der Waals surface area (Å²) in [6.45, 7) is 5.29. The summed E-state index contributed by atoms with van der Waals surface area (Å²) < 4.78 is 9.57. The van der Waals surface area contributed by atoms with E-state index < -0.39 is 23.7 Å². The first-order valence-corrected chi connectivity index (χ1v) is 6.76. The molecule has 1 atom stereocenters. The van der Waals surface area contributed by atoms with Crippen molar-refractivity contribution in [2.24, 2.45) is 0 Å². The van der Waals surface area contributed by atoms with E-state index in [0.717, 1.165) is 18.3 Å². The molecule has 90 valence electrons. The quantitative estimate of drug-likeness (QED) is 0.342. The molecule has 0 unspecified atom stereocenters. The number of amides is 1. The molecule has 0 aliphatic rings. The van der Waals surface area contributed by atoms with E-state index in [2.05, 4.69) is 10.1 Å². The second-order valence-electron chi connectivity index (χ2n) is 4.01. The summed E-state index contributed by atoms with van der Waals surface area (Å²) in [6, 6.07) is -0.593. The predicted molar refractivity (Wildman–Crippen MR) is 50.0 cm³/mol. The number of alkyl carbamates (subject to hydrolysis) is 1. The molecule has 0 aromatic heterocycles. The molecule has 0 bridgehead atoms. The van der Waals surface area contributed by atoms with Crippen molar-refractivity contribution in [1.82, 2.24) is 5.32 Å². The normalized spacial score (nSPS) is 12.1. The van der Waals surface area contributed by atoms with Gasteiger partial charge in [-0.15, -0.1) is 0 Å². The zero-order valence-electron chi connectivity index (χ0n) is 10.0. The van der Waals surface area contributed by atoms with Gasteiger partial charge in [-0.1, -0.05) is 0 Å². The molecule has 0 saturated carbocycles. The van der Waals surface area contributed by atoms with E-state index in [9.17, 15) is 9.59 Å². The van der Waals surface area contributed by atoms with Crippen LogP contribution < -0.4 is 29.3 Å². The van der Waals surface area contributed by atoms with Gasteiger partial charge in [-0.25, -0.2) is 0 Å². The summed E-state index contributed by atoms with van der Waals surface area (Å²) in [6.07, 6.45) is -0.591. The number of hydrogen-bond donors (Lipinski definition) is 1. The van der Waals surface area contributed by atoms with Gasteiger partial charge in [0.05, 0.1) is 0 Å². The maximum Gasteiger partial charge on any atom is -1.00 e. The Labute approximate surface area is 123 Å². The summed E-state index contributed by atoms with van der Waals surface area (Å²) in [7, 11) is 1.29. The Morgan fingerprint density at radius 3 is 2.19 bits per heavy atom. The Morgan fingerprint density at radius 2 is 1.88 bits per heavy atom. The van der Waals surface area contributed by atoms with Gasteiger partial charge in [0.15, 0.2) is 0 Å². The van der Waals surface area contributed by atoms with Crippen LogP contribution >= 0.6 is 0 Å². The van der Waals surface area contributed by atoms with Crippen molar-refractivity contribution in [3.8, 4) is 0 Å². The van der Waals surface area contributed by atoms with Crippen LogP contribution in [0.1, 0.15) is 20.8 Å². The van der Waals surface area contributed by atoms with Gasteiger partial charge in [0.1, 0.15) is 0 Å². The van der Waals surface area contributed by atoms with E-state index in [0.29, 0.717) is 5.02 Å². The number of carbonyl (C=O) groups excluding carboxylic acids is 2. The standard InChI is InChI=1S/C9H16NO4.HI.Zn/c1-6(7(11)13-5)10-8(12)14-9(2,3)4;;/h6H,1H2,2-5H3,(H,10,12);1H;/q;;+1/p-1/t6-;;/m1../s1. The molecule has 0 aromatic rings. The van der Waals surface area contributed by atoms with Crippen LogP contribution in [0, 0.1) is 0 Å². The smallest absolute Gasteiger partial charge is 1.00 e. The molecule has 0 heterocycles. The minimum Gasteiger partial charge on any atom is -1.00 e. The molecular weight excluding hydrogens is 378 g/mol. The monoisotopic (exact) mass is 393 g/mol. The summed E-state index contributed by atoms with van der Waals surface area (Å²) in [4.78, 5) is 22.5. The van der Waals surface area contributed by atoms with Crippen LogP contribution in [-0.4, -0.2) is 30.8 Å². The van der Waals surface area contributed by atoms with Crippen molar-refractivity contribution in [3.05, 3.63) is 0 Å². The van der Waals surface area contributed by atoms with Crippen molar-refractivity contribution >= 4 is 12.1 Å². The van der Waals surface area contributed by atoms with Crippen LogP contribution in [-0.2, 0) is 32.6 Å². The number of ether oxygens (including phenoxy) is 2. The molecule has 0 radical (unpaired) electrons. The Balaban J connectivity index is 0. The number of methoxy groups -OCH3 is 1. The largest absolute Gasteiger partial charge is 1.00 e. The number of carbonyl (C=O) groups is 2. The number of halogens is 1. The van der Waals surface area contributed by atoms with E-state index in [4.69, 9.17) is 4.74 Å². The predicted octanol–water partition coefficient (Wildman–Crippen LogP) is -1.98. The van der Waals surface area contributed by atoms with Gasteiger partial charge in [-0.05, 0) is 0 Å². The topological polar surface area (TPSA) is 64.6 Å². The summed E-state index contributed by atoms with van der Waals surface area (Å²) in [5.74, 6) is -0.438. The maximum absolute atomic E-state index is 11.3. The van der Waals surface area contributed by atoms with Gasteiger partial charge in [-0.2, -0.15) is 0 Å². The Morgan fingerprint density at radius 1 is 1.38 bits per heavy atom. The Hall–Kier alpha value is 0.0934. The minimum atomic E-state index is -0.593. The average molecular weight is 395 g/mol. The number of rotatable bonds is 3. The fourth-order valence-electron chi connectivity index (χ4n) is 0.841. The Kier molecular flexibility index (Phi) is 9.49. The van der Waals surface area contributed by atoms with Crippen molar-refractivity contribution < 1.29 is 61.3 Å². The fraction of sp³-hybridized carbons (Fsp3) is 0.778. The molecule has 0 aliphatic heterocycles. The Bertz CT molecular complexity index is 242. The van der Waals surface area contributed by atoms with E-state index in [1.54, 1.807) is 20.8 Å². The van der Waals surface area contributed by atoms with E-state index >= 15 is 0 Å². The van der Waals surface area contributed by atoms with Crippen molar-refractivity contribution in [2.75, 3.05) is 7.11 Å². The maximum atomic E-state index is 11.3. The fourth-order valence-corrected chi connectivity index (χ4v) is 1.64. The van der Waals surface area contributed by atoms with E-state index in [-0.39, 0.29) is 24.0 Å². The molecule has 0 fully saturated rings. The average Bonchev–Trinajstić information content (AvgIpc) is 2.10. The third-order valence-corrected chi connectivity index (χ3v) is 2.68. The number of nitrogens with one attached hydrogen (secondary N) is 1. The second-order valence-corrected chi connectivity index (χ2v) is 5.22. The molecule has 1 amide bonds. The number of esters is 1. The summed E-state index contributed by atoms with van der Waals surface area (Å²) >= 11 is 0.898. The molecule has 1 N–H and O–H groups in total. The molecule has 0 spiro atoms. The minimum absolute atomic E-state index is 0. The number of hydrogen-bond acceptors (Lipinski definition) is 4. The van der Waals surface area contributed by atoms with Gasteiger partial charge < -0.3 is 24.0 Å². The van der Waals surface area contributed by atoms with Gasteiger partial charge in [0, 0.05) is 0 Å². The summed E-state index contributed by atoms with van der Waals surface area (Å²) in [5, 5.41) is 3.06. The van der Waals surface area contributed by atoms with Gasteiger partial charge in [-0.3, -0.25) is 0 Å². The van der Waals surface area contributed by atoms with Crippen molar-refractivity contribution in [3.63, 3.8) is 0 Å². The molecule has 5 nitrogen and oxygen atoms in total. The molecule has 7 heteroatoms. The molecule has 0 saturated heterocycles. The molecule has 0 aliphatic carbocycles. The SMILES string of the molecule is COC(=O)[C@@H]([CH2][Zn+])NC(=O)OC(C)(C)C.[I-]. The van der Waals surface area contributed by atoms with Crippen LogP contribution in [0.2, 0.25) is 5.02 Å². The molecule has 16 heavy (non-hydrogen) atoms. The zero-order chi connectivity index (χ0) is 12.1. The first-order chi connectivity index (χ1) is 6.80. The third-order valence-electron chi connectivity index (χ3n) is 1.47. The van der Waals surface area contributed by atoms with Crippen LogP contribution in [0.5, 0.6) is 0 Å². The van der Waals surface area contributed by atoms with E-state index in [1.807, 2.05) is 0 Å². The molecule has 0 aromatic carbocycles. The van der Waals surface area contributed by atoms with Crippen LogP contribution in [0.15, 0.2) is 0 Å². The molecule has 0 rings (SSSR count). The van der Waals surface area contributed by atoms with Gasteiger partial charge in [0.25, 0.3) is 0 Å². The first kappa shape index (κ1) is 18.5.